The van der Waals surface area contributed by atoms with Crippen molar-refractivity contribution in [2.24, 2.45) is 0 Å². The topological polar surface area (TPSA) is 58.6 Å². The van der Waals surface area contributed by atoms with Gasteiger partial charge in [0.05, 0.1) is 6.61 Å². The van der Waals surface area contributed by atoms with Crippen molar-refractivity contribution in [3.63, 3.8) is 0 Å². The second-order valence-electron chi connectivity index (χ2n) is 2.16. The Balaban J connectivity index is 2.23. The monoisotopic (exact) mass is 208 g/mol. The lowest BCUT2D eigenvalue weighted by Crippen LogP contribution is -2.24. The summed E-state index contributed by atoms with van der Waals surface area (Å²) >= 11 is -2.76. The van der Waals surface area contributed by atoms with Gasteiger partial charge in [-0.1, -0.05) is 5.92 Å². The Morgan fingerprint density at radius 3 is 3.08 bits per heavy atom. The summed E-state index contributed by atoms with van der Waals surface area (Å²) in [7, 11) is 0. The van der Waals surface area contributed by atoms with Gasteiger partial charge in [0.25, 0.3) is 0 Å². The molecular formula is C6H8O4S2. The molecule has 0 aromatic carbocycles. The molecule has 0 spiro atoms. The van der Waals surface area contributed by atoms with Gasteiger partial charge >= 0.3 is 11.4 Å². The highest BCUT2D eigenvalue weighted by atomic mass is 32.2. The van der Waals surface area contributed by atoms with Crippen molar-refractivity contribution >= 4 is 22.5 Å². The summed E-state index contributed by atoms with van der Waals surface area (Å²) in [5, 5.41) is 0. The SMILES string of the molecule is C#CC[S+]([O-])CC1COS(=O)O1. The molecule has 4 nitrogen and oxygen atoms in total. The van der Waals surface area contributed by atoms with E-state index in [-0.39, 0.29) is 24.2 Å². The van der Waals surface area contributed by atoms with Crippen LogP contribution in [0.5, 0.6) is 0 Å². The van der Waals surface area contributed by atoms with Crippen molar-refractivity contribution in [1.82, 2.24) is 0 Å². The Morgan fingerprint density at radius 1 is 1.83 bits per heavy atom. The molecule has 6 heteroatoms. The van der Waals surface area contributed by atoms with E-state index in [1.54, 1.807) is 0 Å². The Hall–Kier alpha value is -0.0600. The van der Waals surface area contributed by atoms with E-state index in [0.717, 1.165) is 0 Å². The summed E-state index contributed by atoms with van der Waals surface area (Å²) in [6.07, 6.45) is 4.61. The zero-order chi connectivity index (χ0) is 8.97. The fourth-order valence-corrected chi connectivity index (χ4v) is 2.37. The maximum atomic E-state index is 11.0. The summed E-state index contributed by atoms with van der Waals surface area (Å²) in [5.41, 5.74) is 0. The predicted octanol–water partition coefficient (Wildman–Crippen LogP) is -0.638. The van der Waals surface area contributed by atoms with Crippen molar-refractivity contribution in [1.29, 1.82) is 0 Å². The number of hydrogen-bond acceptors (Lipinski definition) is 4. The summed E-state index contributed by atoms with van der Waals surface area (Å²) in [6.45, 7) is 0.225. The Kier molecular flexibility index (Phi) is 4.05. The number of rotatable bonds is 3. The fourth-order valence-electron chi connectivity index (χ4n) is 0.733. The smallest absolute Gasteiger partial charge is 0.305 e. The number of hydrogen-bond donors (Lipinski definition) is 0. The minimum atomic E-state index is -1.66. The Labute approximate surface area is 76.7 Å². The van der Waals surface area contributed by atoms with Crippen LogP contribution in [0, 0.1) is 12.3 Å². The van der Waals surface area contributed by atoms with Gasteiger partial charge in [-0.3, -0.25) is 8.37 Å². The molecule has 0 saturated carbocycles. The fraction of sp³-hybridized carbons (Fsp3) is 0.667. The van der Waals surface area contributed by atoms with E-state index in [1.165, 1.54) is 0 Å². The molecule has 1 aliphatic heterocycles. The maximum absolute atomic E-state index is 11.0. The van der Waals surface area contributed by atoms with Crippen LogP contribution in [0.4, 0.5) is 0 Å². The van der Waals surface area contributed by atoms with Gasteiger partial charge in [-0.2, -0.15) is 4.21 Å². The van der Waals surface area contributed by atoms with Crippen molar-refractivity contribution < 1.29 is 17.1 Å². The minimum absolute atomic E-state index is 0.201. The van der Waals surface area contributed by atoms with E-state index < -0.39 is 22.5 Å². The van der Waals surface area contributed by atoms with Crippen molar-refractivity contribution in [2.75, 3.05) is 18.1 Å². The average Bonchev–Trinajstić information content (AvgIpc) is 2.36. The van der Waals surface area contributed by atoms with E-state index >= 15 is 0 Å². The third-order valence-electron chi connectivity index (χ3n) is 1.18. The van der Waals surface area contributed by atoms with Crippen molar-refractivity contribution in [3.05, 3.63) is 0 Å². The molecule has 1 fully saturated rings. The summed E-state index contributed by atoms with van der Waals surface area (Å²) in [6, 6.07) is 0. The molecule has 0 radical (unpaired) electrons. The van der Waals surface area contributed by atoms with Crippen LogP contribution in [0.15, 0.2) is 0 Å². The Bertz CT molecular complexity index is 212. The molecular weight excluding hydrogens is 200 g/mol. The van der Waals surface area contributed by atoms with Gasteiger partial charge < -0.3 is 4.55 Å². The van der Waals surface area contributed by atoms with Crippen molar-refractivity contribution in [3.8, 4) is 12.3 Å². The molecule has 12 heavy (non-hydrogen) atoms. The first-order chi connectivity index (χ1) is 5.72. The molecule has 1 aliphatic rings. The van der Waals surface area contributed by atoms with Crippen LogP contribution < -0.4 is 0 Å². The van der Waals surface area contributed by atoms with Crippen LogP contribution in [0.25, 0.3) is 0 Å². The highest BCUT2D eigenvalue weighted by Gasteiger charge is 2.27. The zero-order valence-electron chi connectivity index (χ0n) is 6.23. The van der Waals surface area contributed by atoms with Crippen molar-refractivity contribution in [2.45, 2.75) is 6.10 Å². The predicted molar refractivity (Wildman–Crippen MR) is 45.7 cm³/mol. The third-order valence-corrected chi connectivity index (χ3v) is 3.17. The second-order valence-corrected chi connectivity index (χ2v) is 4.50. The van der Waals surface area contributed by atoms with Gasteiger partial charge in [-0.25, -0.2) is 0 Å². The molecule has 1 heterocycles. The van der Waals surface area contributed by atoms with Gasteiger partial charge in [0.2, 0.25) is 0 Å². The summed E-state index contributed by atoms with van der Waals surface area (Å²) in [4.78, 5) is 0. The van der Waals surface area contributed by atoms with E-state index in [1.807, 2.05) is 0 Å². The summed E-state index contributed by atoms with van der Waals surface area (Å²) < 4.78 is 30.9. The molecule has 0 bridgehead atoms. The maximum Gasteiger partial charge on any atom is 0.305 e. The van der Waals surface area contributed by atoms with Gasteiger partial charge in [0.1, 0.15) is 11.9 Å². The van der Waals surface area contributed by atoms with Crippen LogP contribution in [0.2, 0.25) is 0 Å². The molecule has 0 aromatic rings. The quantitative estimate of drug-likeness (QED) is 0.457. The largest absolute Gasteiger partial charge is 0.616 e. The van der Waals surface area contributed by atoms with Crippen LogP contribution >= 0.6 is 0 Å². The zero-order valence-corrected chi connectivity index (χ0v) is 7.86. The lowest BCUT2D eigenvalue weighted by molar-refractivity contribution is 0.264. The first kappa shape index (κ1) is 10.0. The van der Waals surface area contributed by atoms with Gasteiger partial charge in [0.15, 0.2) is 5.75 Å². The van der Waals surface area contributed by atoms with Crippen LogP contribution in [0.1, 0.15) is 0 Å². The van der Waals surface area contributed by atoms with Gasteiger partial charge in [0, 0.05) is 0 Å². The third kappa shape index (κ3) is 3.13. The summed E-state index contributed by atoms with van der Waals surface area (Å²) in [5.74, 6) is 2.77. The molecule has 0 aliphatic carbocycles. The molecule has 1 saturated heterocycles. The van der Waals surface area contributed by atoms with Crippen LogP contribution in [0.3, 0.4) is 0 Å². The van der Waals surface area contributed by atoms with E-state index in [0.29, 0.717) is 0 Å². The van der Waals surface area contributed by atoms with Crippen LogP contribution in [-0.2, 0) is 30.9 Å². The minimum Gasteiger partial charge on any atom is -0.616 e. The molecule has 1 rings (SSSR count). The lowest BCUT2D eigenvalue weighted by atomic mass is 10.4. The second kappa shape index (κ2) is 4.84. The highest BCUT2D eigenvalue weighted by molar-refractivity contribution is 7.91. The molecule has 0 N–H and O–H groups in total. The van der Waals surface area contributed by atoms with E-state index in [4.69, 9.17) is 10.6 Å². The molecule has 3 unspecified atom stereocenters. The lowest BCUT2D eigenvalue weighted by Gasteiger charge is -2.09. The highest BCUT2D eigenvalue weighted by Crippen LogP contribution is 2.10. The van der Waals surface area contributed by atoms with Gasteiger partial charge in [-0.05, 0) is 11.2 Å². The van der Waals surface area contributed by atoms with E-state index in [2.05, 4.69) is 10.1 Å². The number of terminal acetylenes is 1. The molecule has 0 amide bonds. The van der Waals surface area contributed by atoms with E-state index in [9.17, 15) is 8.76 Å². The normalized spacial score (nSPS) is 31.3. The standard InChI is InChI=1S/C6H8O4S2/c1-2-3-11(7)5-6-4-9-12(8)10-6/h1,6H,3-5H2. The van der Waals surface area contributed by atoms with Crippen LogP contribution in [-0.4, -0.2) is 33.0 Å². The first-order valence-corrected chi connectivity index (χ1v) is 5.72. The molecule has 68 valence electrons. The van der Waals surface area contributed by atoms with Gasteiger partial charge in [-0.15, -0.1) is 6.42 Å². The average molecular weight is 208 g/mol. The molecule has 3 atom stereocenters. The first-order valence-electron chi connectivity index (χ1n) is 3.23. The Morgan fingerprint density at radius 2 is 2.58 bits per heavy atom. The molecule has 0 aromatic heterocycles.